The lowest BCUT2D eigenvalue weighted by Crippen LogP contribution is -2.50. The third-order valence-electron chi connectivity index (χ3n) is 1.37. The number of hydrogen-bond donors (Lipinski definition) is 1. The number of hydrazine groups is 1. The van der Waals surface area contributed by atoms with E-state index in [-0.39, 0.29) is 12.4 Å². The first-order chi connectivity index (χ1) is 2.80. The van der Waals surface area contributed by atoms with Crippen LogP contribution in [-0.2, 0) is 0 Å². The highest BCUT2D eigenvalue weighted by molar-refractivity contribution is 5.85. The monoisotopic (exact) mass is 122 g/mol. The van der Waals surface area contributed by atoms with Crippen molar-refractivity contribution in [3.05, 3.63) is 0 Å². The highest BCUT2D eigenvalue weighted by atomic mass is 35.5. The van der Waals surface area contributed by atoms with E-state index in [1.807, 2.05) is 5.01 Å². The number of rotatable bonds is 0. The predicted octanol–water partition coefficient (Wildman–Crippen LogP) is 0.376. The van der Waals surface area contributed by atoms with Crippen molar-refractivity contribution in [1.29, 1.82) is 0 Å². The summed E-state index contributed by atoms with van der Waals surface area (Å²) in [6.07, 6.45) is 1.27. The van der Waals surface area contributed by atoms with Crippen molar-refractivity contribution in [2.24, 2.45) is 5.84 Å². The van der Waals surface area contributed by atoms with E-state index in [1.54, 1.807) is 0 Å². The van der Waals surface area contributed by atoms with Gasteiger partial charge in [0.15, 0.2) is 0 Å². The summed E-state index contributed by atoms with van der Waals surface area (Å²) in [5.41, 5.74) is 0. The normalized spacial score (nSPS) is 30.9. The maximum absolute atomic E-state index is 5.36. The van der Waals surface area contributed by atoms with E-state index in [2.05, 4.69) is 6.92 Å². The molecule has 0 amide bonds. The van der Waals surface area contributed by atoms with E-state index < -0.39 is 0 Å². The van der Waals surface area contributed by atoms with Gasteiger partial charge in [0.25, 0.3) is 0 Å². The van der Waals surface area contributed by atoms with Gasteiger partial charge in [-0.1, -0.05) is 0 Å². The fourth-order valence-corrected chi connectivity index (χ4v) is 0.536. The largest absolute Gasteiger partial charge is 0.269 e. The van der Waals surface area contributed by atoms with E-state index in [0.29, 0.717) is 6.04 Å². The molecule has 1 heterocycles. The average Bonchev–Trinajstić information content (AvgIpc) is 1.61. The van der Waals surface area contributed by atoms with Crippen LogP contribution in [-0.4, -0.2) is 17.6 Å². The molecule has 0 saturated carbocycles. The molecule has 2 nitrogen and oxygen atoms in total. The molecule has 44 valence electrons. The van der Waals surface area contributed by atoms with Crippen LogP contribution >= 0.6 is 12.4 Å². The molecule has 0 aromatic rings. The third-order valence-corrected chi connectivity index (χ3v) is 1.37. The van der Waals surface area contributed by atoms with Gasteiger partial charge < -0.3 is 0 Å². The highest BCUT2D eigenvalue weighted by Crippen LogP contribution is 2.08. The van der Waals surface area contributed by atoms with Gasteiger partial charge in [0.1, 0.15) is 0 Å². The van der Waals surface area contributed by atoms with E-state index in [1.165, 1.54) is 6.42 Å². The number of hydrogen-bond acceptors (Lipinski definition) is 2. The van der Waals surface area contributed by atoms with E-state index in [9.17, 15) is 0 Å². The SMILES string of the molecule is C[C@H]1CCN1N.Cl. The molecule has 1 aliphatic rings. The van der Waals surface area contributed by atoms with Gasteiger partial charge in [-0.2, -0.15) is 0 Å². The number of nitrogens with two attached hydrogens (primary N) is 1. The van der Waals surface area contributed by atoms with Crippen molar-refractivity contribution in [3.8, 4) is 0 Å². The molecular formula is C4H11ClN2. The molecule has 0 unspecified atom stereocenters. The van der Waals surface area contributed by atoms with E-state index in [0.717, 1.165) is 6.54 Å². The number of nitrogens with zero attached hydrogens (tertiary/aromatic N) is 1. The molecule has 0 radical (unpaired) electrons. The van der Waals surface area contributed by atoms with Gasteiger partial charge in [-0.15, -0.1) is 12.4 Å². The first-order valence-corrected chi connectivity index (χ1v) is 2.32. The number of halogens is 1. The standard InChI is InChI=1S/C4H10N2.ClH/c1-4-2-3-6(4)5;/h4H,2-3,5H2,1H3;1H/t4-;/m0./s1. The molecule has 1 aliphatic heterocycles. The molecule has 0 aromatic carbocycles. The summed E-state index contributed by atoms with van der Waals surface area (Å²) in [4.78, 5) is 0. The summed E-state index contributed by atoms with van der Waals surface area (Å²) >= 11 is 0. The summed E-state index contributed by atoms with van der Waals surface area (Å²) < 4.78 is 0. The van der Waals surface area contributed by atoms with Crippen LogP contribution in [0.2, 0.25) is 0 Å². The Labute approximate surface area is 50.1 Å². The molecule has 0 spiro atoms. The maximum atomic E-state index is 5.36. The van der Waals surface area contributed by atoms with Crippen LogP contribution in [0.4, 0.5) is 0 Å². The second-order valence-corrected chi connectivity index (χ2v) is 1.88. The second kappa shape index (κ2) is 2.50. The van der Waals surface area contributed by atoms with Gasteiger partial charge in [0, 0.05) is 12.6 Å². The molecule has 1 atom stereocenters. The van der Waals surface area contributed by atoms with Gasteiger partial charge >= 0.3 is 0 Å². The van der Waals surface area contributed by atoms with Gasteiger partial charge in [0.05, 0.1) is 0 Å². The molecule has 1 fully saturated rings. The summed E-state index contributed by atoms with van der Waals surface area (Å²) in [7, 11) is 0. The van der Waals surface area contributed by atoms with Crippen molar-refractivity contribution in [3.63, 3.8) is 0 Å². The van der Waals surface area contributed by atoms with E-state index in [4.69, 9.17) is 5.84 Å². The van der Waals surface area contributed by atoms with Crippen LogP contribution in [0.15, 0.2) is 0 Å². The fourth-order valence-electron chi connectivity index (χ4n) is 0.536. The Morgan fingerprint density at radius 1 is 1.71 bits per heavy atom. The fraction of sp³-hybridized carbons (Fsp3) is 1.00. The first kappa shape index (κ1) is 7.21. The van der Waals surface area contributed by atoms with Gasteiger partial charge in [-0.3, -0.25) is 5.84 Å². The Kier molecular flexibility index (Phi) is 2.58. The minimum absolute atomic E-state index is 0. The molecule has 0 aromatic heterocycles. The quantitative estimate of drug-likeness (QED) is 0.471. The van der Waals surface area contributed by atoms with Gasteiger partial charge in [-0.05, 0) is 13.3 Å². The van der Waals surface area contributed by atoms with Crippen LogP contribution in [0.3, 0.4) is 0 Å². The molecular weight excluding hydrogens is 112 g/mol. The average molecular weight is 123 g/mol. The molecule has 1 rings (SSSR count). The van der Waals surface area contributed by atoms with Crippen LogP contribution in [0.25, 0.3) is 0 Å². The Balaban J connectivity index is 0.000000360. The van der Waals surface area contributed by atoms with Crippen LogP contribution < -0.4 is 5.84 Å². The molecule has 0 aliphatic carbocycles. The molecule has 3 heteroatoms. The summed E-state index contributed by atoms with van der Waals surface area (Å²) in [5, 5.41) is 1.85. The Morgan fingerprint density at radius 3 is 2.14 bits per heavy atom. The van der Waals surface area contributed by atoms with Crippen LogP contribution in [0, 0.1) is 0 Å². The lowest BCUT2D eigenvalue weighted by atomic mass is 10.1. The minimum atomic E-state index is 0. The topological polar surface area (TPSA) is 29.3 Å². The Bertz CT molecular complexity index is 49.7. The zero-order valence-electron chi connectivity index (χ0n) is 4.42. The first-order valence-electron chi connectivity index (χ1n) is 2.32. The van der Waals surface area contributed by atoms with Crippen molar-refractivity contribution >= 4 is 12.4 Å². The van der Waals surface area contributed by atoms with Crippen molar-refractivity contribution in [2.45, 2.75) is 19.4 Å². The zero-order chi connectivity index (χ0) is 4.57. The third kappa shape index (κ3) is 1.30. The summed E-state index contributed by atoms with van der Waals surface area (Å²) in [6.45, 7) is 3.21. The molecule has 0 bridgehead atoms. The van der Waals surface area contributed by atoms with Crippen molar-refractivity contribution in [2.75, 3.05) is 6.54 Å². The predicted molar refractivity (Wildman–Crippen MR) is 32.2 cm³/mol. The van der Waals surface area contributed by atoms with Gasteiger partial charge in [-0.25, -0.2) is 5.01 Å². The maximum Gasteiger partial charge on any atom is 0.0225 e. The van der Waals surface area contributed by atoms with Crippen LogP contribution in [0.1, 0.15) is 13.3 Å². The lowest BCUT2D eigenvalue weighted by molar-refractivity contribution is 0.106. The van der Waals surface area contributed by atoms with Crippen LogP contribution in [0.5, 0.6) is 0 Å². The zero-order valence-corrected chi connectivity index (χ0v) is 5.24. The summed E-state index contributed by atoms with van der Waals surface area (Å²) in [5.74, 6) is 5.36. The minimum Gasteiger partial charge on any atom is -0.269 e. The van der Waals surface area contributed by atoms with E-state index >= 15 is 0 Å². The molecule has 2 N–H and O–H groups in total. The summed E-state index contributed by atoms with van der Waals surface area (Å²) in [6, 6.07) is 0.644. The molecule has 7 heavy (non-hydrogen) atoms. The second-order valence-electron chi connectivity index (χ2n) is 1.88. The van der Waals surface area contributed by atoms with Crippen molar-refractivity contribution < 1.29 is 0 Å². The smallest absolute Gasteiger partial charge is 0.0225 e. The molecule has 1 saturated heterocycles. The van der Waals surface area contributed by atoms with Crippen molar-refractivity contribution in [1.82, 2.24) is 5.01 Å². The Hall–Kier alpha value is 0.210. The van der Waals surface area contributed by atoms with Gasteiger partial charge in [0.2, 0.25) is 0 Å². The highest BCUT2D eigenvalue weighted by Gasteiger charge is 2.18. The lowest BCUT2D eigenvalue weighted by Gasteiger charge is -2.33. The Morgan fingerprint density at radius 2 is 2.14 bits per heavy atom.